The van der Waals surface area contributed by atoms with E-state index in [1.54, 1.807) is 18.3 Å². The van der Waals surface area contributed by atoms with Crippen molar-refractivity contribution in [3.8, 4) is 28.5 Å². The Morgan fingerprint density at radius 2 is 1.11 bits per heavy atom. The summed E-state index contributed by atoms with van der Waals surface area (Å²) in [6.45, 7) is 5.87. The quantitative estimate of drug-likeness (QED) is 0.0955. The zero-order valence-corrected chi connectivity index (χ0v) is 23.0. The molecule has 0 fully saturated rings. The molecule has 0 aliphatic rings. The molecule has 38 heavy (non-hydrogen) atoms. The molecular weight excluding hydrogens is 476 g/mol. The van der Waals surface area contributed by atoms with E-state index in [0.29, 0.717) is 18.1 Å². The summed E-state index contributed by atoms with van der Waals surface area (Å²) in [5.74, 6) is 1.50. The first-order valence-electron chi connectivity index (χ1n) is 14.2. The summed E-state index contributed by atoms with van der Waals surface area (Å²) in [5, 5.41) is 0. The van der Waals surface area contributed by atoms with E-state index in [-0.39, 0.29) is 5.69 Å². The van der Waals surface area contributed by atoms with Crippen molar-refractivity contribution in [3.05, 3.63) is 66.6 Å². The van der Waals surface area contributed by atoms with Crippen LogP contribution in [0.2, 0.25) is 0 Å². The van der Waals surface area contributed by atoms with E-state index < -0.39 is 5.97 Å². The van der Waals surface area contributed by atoms with Gasteiger partial charge in [-0.2, -0.15) is 0 Å². The van der Waals surface area contributed by atoms with Gasteiger partial charge in [0.05, 0.1) is 31.3 Å². The standard InChI is InChI=1S/C32H42N2O4/c1-3-5-7-9-11-13-23-37-28-18-20-29(21-19-28)38-32(35)31-25-33-30(24-34-31)26-14-16-27(17-15-26)36-22-12-10-8-6-4-2/h14-21,24-25H,3-13,22-23H2,1-2H3. The first-order valence-corrected chi connectivity index (χ1v) is 14.2. The molecule has 2 aromatic carbocycles. The average Bonchev–Trinajstić information content (AvgIpc) is 2.96. The van der Waals surface area contributed by atoms with Crippen LogP contribution in [-0.2, 0) is 0 Å². The molecule has 3 rings (SSSR count). The number of nitrogens with zero attached hydrogens (tertiary/aromatic N) is 2. The van der Waals surface area contributed by atoms with E-state index in [2.05, 4.69) is 23.8 Å². The summed E-state index contributed by atoms with van der Waals surface area (Å²) in [6.07, 6.45) is 16.5. The Labute approximate surface area is 227 Å². The third kappa shape index (κ3) is 10.5. The maximum Gasteiger partial charge on any atom is 0.363 e. The van der Waals surface area contributed by atoms with Crippen LogP contribution >= 0.6 is 0 Å². The molecule has 0 aliphatic carbocycles. The molecule has 0 unspecified atom stereocenters. The molecule has 1 aromatic heterocycles. The lowest BCUT2D eigenvalue weighted by Crippen LogP contribution is -2.11. The summed E-state index contributed by atoms with van der Waals surface area (Å²) in [4.78, 5) is 21.2. The van der Waals surface area contributed by atoms with E-state index in [1.807, 2.05) is 36.4 Å². The number of unbranched alkanes of at least 4 members (excludes halogenated alkanes) is 9. The molecule has 0 N–H and O–H groups in total. The first kappa shape index (κ1) is 29.2. The molecule has 6 nitrogen and oxygen atoms in total. The van der Waals surface area contributed by atoms with Crippen LogP contribution in [0.5, 0.6) is 17.2 Å². The highest BCUT2D eigenvalue weighted by Gasteiger charge is 2.12. The van der Waals surface area contributed by atoms with Crippen LogP contribution in [-0.4, -0.2) is 29.2 Å². The van der Waals surface area contributed by atoms with Gasteiger partial charge in [-0.3, -0.25) is 4.98 Å². The largest absolute Gasteiger partial charge is 0.494 e. The second kappa shape index (κ2) is 17.2. The second-order valence-electron chi connectivity index (χ2n) is 9.55. The topological polar surface area (TPSA) is 70.5 Å². The molecule has 0 saturated heterocycles. The third-order valence-electron chi connectivity index (χ3n) is 6.33. The van der Waals surface area contributed by atoms with Gasteiger partial charge in [0.25, 0.3) is 0 Å². The van der Waals surface area contributed by atoms with E-state index in [1.165, 1.54) is 64.0 Å². The van der Waals surface area contributed by atoms with Crippen molar-refractivity contribution in [3.63, 3.8) is 0 Å². The number of carbonyl (C=O) groups excluding carboxylic acids is 1. The minimum Gasteiger partial charge on any atom is -0.494 e. The average molecular weight is 519 g/mol. The van der Waals surface area contributed by atoms with Gasteiger partial charge in [0, 0.05) is 5.56 Å². The molecule has 0 saturated carbocycles. The smallest absolute Gasteiger partial charge is 0.363 e. The molecule has 0 atom stereocenters. The fourth-order valence-corrected chi connectivity index (χ4v) is 4.04. The van der Waals surface area contributed by atoms with E-state index in [0.717, 1.165) is 36.5 Å². The summed E-state index contributed by atoms with van der Waals surface area (Å²) >= 11 is 0. The van der Waals surface area contributed by atoms with Crippen molar-refractivity contribution in [2.75, 3.05) is 13.2 Å². The monoisotopic (exact) mass is 518 g/mol. The molecule has 0 amide bonds. The van der Waals surface area contributed by atoms with Gasteiger partial charge in [0.2, 0.25) is 0 Å². The zero-order chi connectivity index (χ0) is 26.8. The molecule has 0 aliphatic heterocycles. The van der Waals surface area contributed by atoms with Crippen LogP contribution in [0.1, 0.15) is 95.0 Å². The molecule has 204 valence electrons. The van der Waals surface area contributed by atoms with E-state index >= 15 is 0 Å². The van der Waals surface area contributed by atoms with Crippen molar-refractivity contribution in [1.29, 1.82) is 0 Å². The molecule has 0 spiro atoms. The van der Waals surface area contributed by atoms with Crippen LogP contribution in [0.25, 0.3) is 11.3 Å². The lowest BCUT2D eigenvalue weighted by atomic mass is 10.1. The highest BCUT2D eigenvalue weighted by molar-refractivity contribution is 5.88. The Hall–Kier alpha value is -3.41. The summed E-state index contributed by atoms with van der Waals surface area (Å²) in [6, 6.07) is 14.9. The Bertz CT molecular complexity index is 1050. The van der Waals surface area contributed by atoms with Gasteiger partial charge >= 0.3 is 5.97 Å². The maximum absolute atomic E-state index is 12.5. The number of aromatic nitrogens is 2. The van der Waals surface area contributed by atoms with Gasteiger partial charge < -0.3 is 14.2 Å². The maximum atomic E-state index is 12.5. The van der Waals surface area contributed by atoms with Crippen molar-refractivity contribution in [1.82, 2.24) is 9.97 Å². The van der Waals surface area contributed by atoms with Crippen molar-refractivity contribution >= 4 is 5.97 Å². The minimum absolute atomic E-state index is 0.153. The number of carbonyl (C=O) groups is 1. The van der Waals surface area contributed by atoms with Crippen molar-refractivity contribution < 1.29 is 19.0 Å². The summed E-state index contributed by atoms with van der Waals surface area (Å²) < 4.78 is 17.1. The van der Waals surface area contributed by atoms with Crippen LogP contribution in [0, 0.1) is 0 Å². The molecule has 3 aromatic rings. The Morgan fingerprint density at radius 3 is 1.63 bits per heavy atom. The number of ether oxygens (including phenoxy) is 3. The Balaban J connectivity index is 1.41. The normalized spacial score (nSPS) is 10.8. The number of hydrogen-bond acceptors (Lipinski definition) is 6. The van der Waals surface area contributed by atoms with Gasteiger partial charge in [-0.05, 0) is 61.4 Å². The predicted molar refractivity (Wildman–Crippen MR) is 152 cm³/mol. The van der Waals surface area contributed by atoms with Gasteiger partial charge in [0.1, 0.15) is 17.2 Å². The van der Waals surface area contributed by atoms with Gasteiger partial charge in [-0.25, -0.2) is 9.78 Å². The molecule has 6 heteroatoms. The van der Waals surface area contributed by atoms with Crippen LogP contribution < -0.4 is 14.2 Å². The summed E-state index contributed by atoms with van der Waals surface area (Å²) in [5.41, 5.74) is 1.74. The van der Waals surface area contributed by atoms with Gasteiger partial charge in [0.15, 0.2) is 5.69 Å². The Kier molecular flexibility index (Phi) is 13.2. The molecular formula is C32H42N2O4. The number of rotatable bonds is 18. The van der Waals surface area contributed by atoms with Crippen LogP contribution in [0.4, 0.5) is 0 Å². The van der Waals surface area contributed by atoms with Crippen LogP contribution in [0.3, 0.4) is 0 Å². The fraction of sp³-hybridized carbons (Fsp3) is 0.469. The molecule has 0 radical (unpaired) electrons. The molecule has 0 bridgehead atoms. The highest BCUT2D eigenvalue weighted by atomic mass is 16.5. The van der Waals surface area contributed by atoms with E-state index in [4.69, 9.17) is 14.2 Å². The number of hydrogen-bond donors (Lipinski definition) is 0. The zero-order valence-electron chi connectivity index (χ0n) is 23.0. The van der Waals surface area contributed by atoms with Crippen molar-refractivity contribution in [2.45, 2.75) is 84.5 Å². The minimum atomic E-state index is -0.549. The van der Waals surface area contributed by atoms with Gasteiger partial charge in [-0.1, -0.05) is 71.6 Å². The molecule has 1 heterocycles. The highest BCUT2D eigenvalue weighted by Crippen LogP contribution is 2.22. The number of benzene rings is 2. The SMILES string of the molecule is CCCCCCCCOc1ccc(OC(=O)c2cnc(-c3ccc(OCCCCCCC)cc3)cn2)cc1. The third-order valence-corrected chi connectivity index (χ3v) is 6.33. The lowest BCUT2D eigenvalue weighted by Gasteiger charge is -2.08. The first-order chi connectivity index (χ1) is 18.7. The lowest BCUT2D eigenvalue weighted by molar-refractivity contribution is 0.0728. The second-order valence-corrected chi connectivity index (χ2v) is 9.55. The Morgan fingerprint density at radius 1 is 0.605 bits per heavy atom. The fourth-order valence-electron chi connectivity index (χ4n) is 4.04. The van der Waals surface area contributed by atoms with Gasteiger partial charge in [-0.15, -0.1) is 0 Å². The number of esters is 1. The summed E-state index contributed by atoms with van der Waals surface area (Å²) in [7, 11) is 0. The van der Waals surface area contributed by atoms with Crippen molar-refractivity contribution in [2.24, 2.45) is 0 Å². The van der Waals surface area contributed by atoms with E-state index in [9.17, 15) is 4.79 Å². The predicted octanol–water partition coefficient (Wildman–Crippen LogP) is 8.45. The van der Waals surface area contributed by atoms with Crippen LogP contribution in [0.15, 0.2) is 60.9 Å².